The molecule has 0 aliphatic carbocycles. The summed E-state index contributed by atoms with van der Waals surface area (Å²) in [6.45, 7) is 4.05. The standard InChI is InChI=1S/C75H130O5/c1-3-5-7-9-11-13-15-17-19-21-23-25-27-29-31-33-35-36-37-38-40-42-44-46-48-50-52-54-56-58-60-62-64-66-68-70-75(78)80-73(71-76)72-79-74(77)69-67-65-63-61-59-57-55-53-51-49-47-45-43-41-39-34-32-30-28-26-24-22-20-18-16-14-12-10-8-6-4-2/h5,7,11,13,16-19,22-25,29,31,35-36,38,40,73,76H,3-4,6,8-10,12,14-15,20-21,26-28,30,32-34,37,39,41-72H2,1-2H3/b7-5-,13-11-,18-16-,19-17-,24-22-,25-23-,31-29-,36-35-,40-38-. The molecule has 0 bridgehead atoms. The van der Waals surface area contributed by atoms with Gasteiger partial charge in [-0.15, -0.1) is 0 Å². The Morgan fingerprint density at radius 1 is 0.300 bits per heavy atom. The predicted molar refractivity (Wildman–Crippen MR) is 352 cm³/mol. The molecule has 0 radical (unpaired) electrons. The second-order valence-electron chi connectivity index (χ2n) is 22.9. The average molecular weight is 1110 g/mol. The van der Waals surface area contributed by atoms with Crippen LogP contribution in [-0.2, 0) is 19.1 Å². The summed E-state index contributed by atoms with van der Waals surface area (Å²) >= 11 is 0. The maximum absolute atomic E-state index is 12.4. The van der Waals surface area contributed by atoms with E-state index < -0.39 is 6.10 Å². The Morgan fingerprint density at radius 3 is 0.812 bits per heavy atom. The summed E-state index contributed by atoms with van der Waals surface area (Å²) in [6.07, 6.45) is 101. The Kier molecular flexibility index (Phi) is 66.8. The van der Waals surface area contributed by atoms with E-state index in [1.54, 1.807) is 0 Å². The molecule has 0 aromatic carbocycles. The van der Waals surface area contributed by atoms with Crippen molar-refractivity contribution >= 4 is 11.9 Å². The highest BCUT2D eigenvalue weighted by molar-refractivity contribution is 5.70. The highest BCUT2D eigenvalue weighted by atomic mass is 16.6. The molecule has 460 valence electrons. The fourth-order valence-corrected chi connectivity index (χ4v) is 9.92. The smallest absolute Gasteiger partial charge is 0.306 e. The van der Waals surface area contributed by atoms with Crippen molar-refractivity contribution in [3.8, 4) is 0 Å². The molecule has 5 nitrogen and oxygen atoms in total. The van der Waals surface area contributed by atoms with Gasteiger partial charge in [-0.2, -0.15) is 0 Å². The van der Waals surface area contributed by atoms with Gasteiger partial charge in [0.25, 0.3) is 0 Å². The maximum Gasteiger partial charge on any atom is 0.306 e. The van der Waals surface area contributed by atoms with Crippen LogP contribution in [0.5, 0.6) is 0 Å². The van der Waals surface area contributed by atoms with Crippen molar-refractivity contribution in [2.75, 3.05) is 13.2 Å². The van der Waals surface area contributed by atoms with Crippen LogP contribution in [0.1, 0.15) is 335 Å². The molecular weight excluding hydrogens is 981 g/mol. The lowest BCUT2D eigenvalue weighted by Crippen LogP contribution is -2.28. The zero-order valence-electron chi connectivity index (χ0n) is 52.8. The average Bonchev–Trinajstić information content (AvgIpc) is 3.46. The molecule has 0 aliphatic rings. The van der Waals surface area contributed by atoms with Crippen LogP contribution in [0.15, 0.2) is 109 Å². The van der Waals surface area contributed by atoms with E-state index in [0.717, 1.165) is 89.9 Å². The summed E-state index contributed by atoms with van der Waals surface area (Å²) in [6, 6.07) is 0. The van der Waals surface area contributed by atoms with Crippen molar-refractivity contribution in [1.82, 2.24) is 0 Å². The molecule has 0 rings (SSSR count). The second kappa shape index (κ2) is 69.8. The summed E-state index contributed by atoms with van der Waals surface area (Å²) < 4.78 is 10.8. The minimum absolute atomic E-state index is 0.0671. The lowest BCUT2D eigenvalue weighted by molar-refractivity contribution is -0.161. The van der Waals surface area contributed by atoms with Crippen molar-refractivity contribution in [2.45, 2.75) is 341 Å². The van der Waals surface area contributed by atoms with Crippen LogP contribution in [0.4, 0.5) is 0 Å². The Morgan fingerprint density at radius 2 is 0.537 bits per heavy atom. The van der Waals surface area contributed by atoms with Gasteiger partial charge in [-0.3, -0.25) is 9.59 Å². The van der Waals surface area contributed by atoms with Crippen molar-refractivity contribution < 1.29 is 24.2 Å². The first-order valence-corrected chi connectivity index (χ1v) is 34.4. The number of rotatable bonds is 63. The number of unbranched alkanes of at least 4 members (excludes halogenated alkanes) is 37. The van der Waals surface area contributed by atoms with Crippen LogP contribution in [0.25, 0.3) is 0 Å². The van der Waals surface area contributed by atoms with Gasteiger partial charge in [0.2, 0.25) is 0 Å². The van der Waals surface area contributed by atoms with E-state index in [0.29, 0.717) is 12.8 Å². The summed E-state index contributed by atoms with van der Waals surface area (Å²) in [5, 5.41) is 9.70. The number of allylic oxidation sites excluding steroid dienone is 18. The largest absolute Gasteiger partial charge is 0.462 e. The van der Waals surface area contributed by atoms with Crippen molar-refractivity contribution in [3.63, 3.8) is 0 Å². The van der Waals surface area contributed by atoms with Crippen LogP contribution in [0.3, 0.4) is 0 Å². The number of hydrogen-bond acceptors (Lipinski definition) is 5. The van der Waals surface area contributed by atoms with E-state index in [9.17, 15) is 14.7 Å². The van der Waals surface area contributed by atoms with Crippen LogP contribution >= 0.6 is 0 Å². The summed E-state index contributed by atoms with van der Waals surface area (Å²) in [7, 11) is 0. The minimum atomic E-state index is -0.778. The van der Waals surface area contributed by atoms with Gasteiger partial charge in [0, 0.05) is 12.8 Å². The van der Waals surface area contributed by atoms with Crippen molar-refractivity contribution in [3.05, 3.63) is 109 Å². The van der Waals surface area contributed by atoms with Gasteiger partial charge in [0.15, 0.2) is 6.10 Å². The number of hydrogen-bond donors (Lipinski definition) is 1. The van der Waals surface area contributed by atoms with Crippen LogP contribution in [0, 0.1) is 0 Å². The van der Waals surface area contributed by atoms with Gasteiger partial charge in [-0.1, -0.05) is 329 Å². The van der Waals surface area contributed by atoms with E-state index in [1.165, 1.54) is 218 Å². The molecular formula is C75H130O5. The number of ether oxygens (including phenoxy) is 2. The van der Waals surface area contributed by atoms with Crippen LogP contribution in [0.2, 0.25) is 0 Å². The van der Waals surface area contributed by atoms with Gasteiger partial charge < -0.3 is 14.6 Å². The van der Waals surface area contributed by atoms with Gasteiger partial charge in [0.05, 0.1) is 6.61 Å². The number of carbonyl (C=O) groups is 2. The zero-order valence-corrected chi connectivity index (χ0v) is 52.8. The molecule has 80 heavy (non-hydrogen) atoms. The third-order valence-electron chi connectivity index (χ3n) is 15.1. The molecule has 0 spiro atoms. The summed E-state index contributed by atoms with van der Waals surface area (Å²) in [5.74, 6) is -0.582. The Hall–Kier alpha value is -3.44. The fraction of sp³-hybridized carbons (Fsp3) is 0.733. The minimum Gasteiger partial charge on any atom is -0.462 e. The molecule has 0 fully saturated rings. The van der Waals surface area contributed by atoms with E-state index >= 15 is 0 Å². The fourth-order valence-electron chi connectivity index (χ4n) is 9.92. The third kappa shape index (κ3) is 67.1. The molecule has 0 aromatic heterocycles. The summed E-state index contributed by atoms with van der Waals surface area (Å²) in [4.78, 5) is 24.7. The molecule has 0 aliphatic heterocycles. The maximum atomic E-state index is 12.4. The zero-order chi connectivity index (χ0) is 57.6. The van der Waals surface area contributed by atoms with Gasteiger partial charge in [-0.25, -0.2) is 0 Å². The highest BCUT2D eigenvalue weighted by Gasteiger charge is 2.16. The third-order valence-corrected chi connectivity index (χ3v) is 15.1. The SMILES string of the molecule is CC/C=C\C/C=C\C/C=C\C/C=C\C/C=C\C/C=C\C/C=C\CCCCCCCCCCCCCCCC(=O)OC(CO)COC(=O)CCCCCCCCCCCCCCCCCCCCC/C=C\C/C=C\CCCCCCC. The number of aliphatic hydroxyl groups excluding tert-OH is 1. The lowest BCUT2D eigenvalue weighted by Gasteiger charge is -2.15. The summed E-state index contributed by atoms with van der Waals surface area (Å²) in [5.41, 5.74) is 0. The topological polar surface area (TPSA) is 72.8 Å². The first kappa shape index (κ1) is 76.6. The van der Waals surface area contributed by atoms with E-state index in [2.05, 4.69) is 123 Å². The molecule has 0 aromatic rings. The van der Waals surface area contributed by atoms with Crippen molar-refractivity contribution in [2.24, 2.45) is 0 Å². The second-order valence-corrected chi connectivity index (χ2v) is 22.9. The predicted octanol–water partition coefficient (Wildman–Crippen LogP) is 24.0. The molecule has 0 amide bonds. The molecule has 5 heteroatoms. The quantitative estimate of drug-likeness (QED) is 0.0373. The number of carbonyl (C=O) groups excluding carboxylic acids is 2. The number of aliphatic hydroxyl groups is 1. The van der Waals surface area contributed by atoms with E-state index in [-0.39, 0.29) is 25.2 Å². The normalized spacial score (nSPS) is 12.9. The first-order valence-electron chi connectivity index (χ1n) is 34.4. The Balaban J connectivity index is 3.47. The van der Waals surface area contributed by atoms with Crippen LogP contribution < -0.4 is 0 Å². The van der Waals surface area contributed by atoms with Crippen molar-refractivity contribution in [1.29, 1.82) is 0 Å². The molecule has 1 N–H and O–H groups in total. The Bertz CT molecular complexity index is 1540. The molecule has 1 atom stereocenters. The van der Waals surface area contributed by atoms with Gasteiger partial charge in [-0.05, 0) is 103 Å². The van der Waals surface area contributed by atoms with E-state index in [4.69, 9.17) is 9.47 Å². The van der Waals surface area contributed by atoms with E-state index in [1.807, 2.05) is 0 Å². The van der Waals surface area contributed by atoms with Crippen LogP contribution in [-0.4, -0.2) is 36.4 Å². The van der Waals surface area contributed by atoms with Gasteiger partial charge >= 0.3 is 11.9 Å². The molecule has 0 heterocycles. The highest BCUT2D eigenvalue weighted by Crippen LogP contribution is 2.17. The number of esters is 2. The molecule has 1 unspecified atom stereocenters. The molecule has 0 saturated heterocycles. The lowest BCUT2D eigenvalue weighted by atomic mass is 10.0. The van der Waals surface area contributed by atoms with Gasteiger partial charge in [0.1, 0.15) is 6.61 Å². The Labute approximate surface area is 497 Å². The molecule has 0 saturated carbocycles. The first-order chi connectivity index (χ1) is 39.6. The monoisotopic (exact) mass is 1110 g/mol.